The van der Waals surface area contributed by atoms with Gasteiger partial charge in [-0.05, 0) is 74.1 Å². The minimum absolute atomic E-state index is 0.0508. The molecule has 2 aliphatic rings. The number of Topliss-reactive ketones (excluding diaryl/α,β-unsaturated/α-hetero) is 1. The maximum absolute atomic E-state index is 14.0. The van der Waals surface area contributed by atoms with Crippen molar-refractivity contribution in [2.45, 2.75) is 49.7 Å². The molecule has 1 N–H and O–H groups in total. The van der Waals surface area contributed by atoms with Crippen LogP contribution in [0.2, 0.25) is 0 Å². The highest BCUT2D eigenvalue weighted by Gasteiger charge is 2.35. The SMILES string of the molecule is O=C(CCCS(=O)(=O)C1CC1)c1ccc(-c2c(C3CCOCC3)n(-c3ccc(F)cc3)c3cc4cn[nH]c4cc23)cc1. The highest BCUT2D eigenvalue weighted by atomic mass is 32.2. The lowest BCUT2D eigenvalue weighted by Crippen LogP contribution is -2.17. The number of ether oxygens (including phenoxy) is 1. The first-order valence-corrected chi connectivity index (χ1v) is 16.3. The van der Waals surface area contributed by atoms with Gasteiger partial charge >= 0.3 is 0 Å². The normalized spacial score (nSPS) is 16.4. The van der Waals surface area contributed by atoms with Gasteiger partial charge in [-0.25, -0.2) is 12.8 Å². The predicted octanol–water partition coefficient (Wildman–Crippen LogP) is 6.75. The summed E-state index contributed by atoms with van der Waals surface area (Å²) in [7, 11) is -3.07. The fourth-order valence-corrected chi connectivity index (χ4v) is 8.00. The van der Waals surface area contributed by atoms with Crippen molar-refractivity contribution < 1.29 is 22.3 Å². The molecule has 0 bridgehead atoms. The average Bonchev–Trinajstić information content (AvgIpc) is 3.70. The van der Waals surface area contributed by atoms with Gasteiger partial charge in [-0.1, -0.05) is 24.3 Å². The first-order chi connectivity index (χ1) is 20.4. The van der Waals surface area contributed by atoms with E-state index < -0.39 is 9.84 Å². The number of fused-ring (bicyclic) bond motifs is 2. The molecule has 0 amide bonds. The van der Waals surface area contributed by atoms with Crippen molar-refractivity contribution >= 4 is 37.4 Å². The van der Waals surface area contributed by atoms with Gasteiger partial charge in [-0.3, -0.25) is 9.89 Å². The molecular formula is C33H32FN3O4S. The number of hydrogen-bond acceptors (Lipinski definition) is 5. The zero-order chi connectivity index (χ0) is 28.8. The molecule has 0 unspecified atom stereocenters. The third-order valence-electron chi connectivity index (χ3n) is 8.62. The van der Waals surface area contributed by atoms with Crippen molar-refractivity contribution in [3.8, 4) is 16.8 Å². The van der Waals surface area contributed by atoms with E-state index in [9.17, 15) is 17.6 Å². The third-order valence-corrected chi connectivity index (χ3v) is 11.0. The smallest absolute Gasteiger partial charge is 0.162 e. The number of ketones is 1. The maximum Gasteiger partial charge on any atom is 0.162 e. The molecule has 7 rings (SSSR count). The molecule has 1 saturated heterocycles. The highest BCUT2D eigenvalue weighted by Crippen LogP contribution is 2.44. The van der Waals surface area contributed by atoms with E-state index in [1.54, 1.807) is 6.20 Å². The second-order valence-electron chi connectivity index (χ2n) is 11.5. The van der Waals surface area contributed by atoms with Gasteiger partial charge in [0.15, 0.2) is 15.6 Å². The molecule has 1 aliphatic heterocycles. The van der Waals surface area contributed by atoms with Gasteiger partial charge in [-0.15, -0.1) is 0 Å². The molecule has 0 radical (unpaired) electrons. The number of nitrogens with one attached hydrogen (secondary N) is 1. The number of H-pyrrole nitrogens is 1. The summed E-state index contributed by atoms with van der Waals surface area (Å²) in [6.45, 7) is 1.34. The summed E-state index contributed by atoms with van der Waals surface area (Å²) >= 11 is 0. The Kier molecular flexibility index (Phi) is 6.94. The number of hydrogen-bond donors (Lipinski definition) is 1. The van der Waals surface area contributed by atoms with Crippen molar-refractivity contribution in [3.05, 3.63) is 83.9 Å². The van der Waals surface area contributed by atoms with Crippen LogP contribution in [0.4, 0.5) is 4.39 Å². The monoisotopic (exact) mass is 585 g/mol. The van der Waals surface area contributed by atoms with E-state index in [0.717, 1.165) is 70.0 Å². The lowest BCUT2D eigenvalue weighted by Gasteiger charge is -2.26. The van der Waals surface area contributed by atoms with Crippen LogP contribution in [0.5, 0.6) is 0 Å². The summed E-state index contributed by atoms with van der Waals surface area (Å²) in [6.07, 6.45) is 5.59. The van der Waals surface area contributed by atoms with E-state index in [4.69, 9.17) is 4.74 Å². The number of benzene rings is 3. The van der Waals surface area contributed by atoms with Gasteiger partial charge < -0.3 is 9.30 Å². The zero-order valence-corrected chi connectivity index (χ0v) is 24.0. The predicted molar refractivity (Wildman–Crippen MR) is 161 cm³/mol. The van der Waals surface area contributed by atoms with Gasteiger partial charge in [0, 0.05) is 58.8 Å². The molecule has 3 aromatic carbocycles. The number of carbonyl (C=O) groups is 1. The van der Waals surface area contributed by atoms with Gasteiger partial charge in [0.05, 0.1) is 28.2 Å². The molecule has 0 atom stereocenters. The molecule has 7 nitrogen and oxygen atoms in total. The van der Waals surface area contributed by atoms with E-state index >= 15 is 0 Å². The Hall–Kier alpha value is -3.82. The Labute approximate surface area is 243 Å². The summed E-state index contributed by atoms with van der Waals surface area (Å²) in [4.78, 5) is 13.0. The van der Waals surface area contributed by atoms with Gasteiger partial charge in [0.2, 0.25) is 0 Å². The van der Waals surface area contributed by atoms with Crippen molar-refractivity contribution in [3.63, 3.8) is 0 Å². The second-order valence-corrected chi connectivity index (χ2v) is 13.9. The van der Waals surface area contributed by atoms with E-state index in [1.807, 2.05) is 36.4 Å². The number of carbonyl (C=O) groups excluding carboxylic acids is 1. The van der Waals surface area contributed by atoms with E-state index in [1.165, 1.54) is 12.1 Å². The van der Waals surface area contributed by atoms with Crippen molar-refractivity contribution in [1.82, 2.24) is 14.8 Å². The maximum atomic E-state index is 14.0. The molecule has 5 aromatic rings. The molecular weight excluding hydrogens is 553 g/mol. The highest BCUT2D eigenvalue weighted by molar-refractivity contribution is 7.92. The van der Waals surface area contributed by atoms with Crippen LogP contribution in [-0.4, -0.2) is 53.2 Å². The fraction of sp³-hybridized carbons (Fsp3) is 0.333. The Morgan fingerprint density at radius 2 is 1.74 bits per heavy atom. The quantitative estimate of drug-likeness (QED) is 0.193. The molecule has 1 saturated carbocycles. The topological polar surface area (TPSA) is 94.1 Å². The number of aromatic amines is 1. The van der Waals surface area contributed by atoms with Crippen molar-refractivity contribution in [2.24, 2.45) is 0 Å². The second kappa shape index (κ2) is 10.8. The van der Waals surface area contributed by atoms with Crippen LogP contribution in [-0.2, 0) is 14.6 Å². The molecule has 216 valence electrons. The van der Waals surface area contributed by atoms with Crippen LogP contribution in [0.3, 0.4) is 0 Å². The van der Waals surface area contributed by atoms with E-state index in [2.05, 4.69) is 26.9 Å². The van der Waals surface area contributed by atoms with Gasteiger partial charge in [0.25, 0.3) is 0 Å². The first-order valence-electron chi connectivity index (χ1n) is 14.6. The molecule has 2 fully saturated rings. The number of sulfone groups is 1. The van der Waals surface area contributed by atoms with Crippen LogP contribution in [0, 0.1) is 5.82 Å². The van der Waals surface area contributed by atoms with Crippen LogP contribution in [0.1, 0.15) is 60.5 Å². The van der Waals surface area contributed by atoms with Crippen LogP contribution in [0.25, 0.3) is 38.6 Å². The number of nitrogens with zero attached hydrogens (tertiary/aromatic N) is 2. The van der Waals surface area contributed by atoms with Gasteiger partial charge in [-0.2, -0.15) is 5.10 Å². The minimum Gasteiger partial charge on any atom is -0.381 e. The van der Waals surface area contributed by atoms with Crippen LogP contribution >= 0.6 is 0 Å². The summed E-state index contributed by atoms with van der Waals surface area (Å²) < 4.78 is 46.4. The Balaban J connectivity index is 1.31. The van der Waals surface area contributed by atoms with Crippen molar-refractivity contribution in [1.29, 1.82) is 0 Å². The lowest BCUT2D eigenvalue weighted by atomic mass is 9.89. The summed E-state index contributed by atoms with van der Waals surface area (Å²) in [5.74, 6) is -0.0471. The fourth-order valence-electron chi connectivity index (χ4n) is 6.27. The Morgan fingerprint density at radius 3 is 2.45 bits per heavy atom. The number of halogens is 1. The molecule has 1 aliphatic carbocycles. The van der Waals surface area contributed by atoms with Crippen LogP contribution < -0.4 is 0 Å². The van der Waals surface area contributed by atoms with Gasteiger partial charge in [0.1, 0.15) is 5.82 Å². The Morgan fingerprint density at radius 1 is 1.00 bits per heavy atom. The minimum atomic E-state index is -3.07. The van der Waals surface area contributed by atoms with E-state index in [0.29, 0.717) is 25.2 Å². The number of rotatable bonds is 9. The first kappa shape index (κ1) is 27.0. The summed E-state index contributed by atoms with van der Waals surface area (Å²) in [5, 5.41) is 9.17. The summed E-state index contributed by atoms with van der Waals surface area (Å²) in [5.41, 5.74) is 6.58. The number of aromatic nitrogens is 3. The lowest BCUT2D eigenvalue weighted by molar-refractivity contribution is 0.0843. The zero-order valence-electron chi connectivity index (χ0n) is 23.2. The van der Waals surface area contributed by atoms with Crippen molar-refractivity contribution in [2.75, 3.05) is 19.0 Å². The third kappa shape index (κ3) is 5.05. The van der Waals surface area contributed by atoms with Crippen LogP contribution in [0.15, 0.2) is 66.9 Å². The molecule has 42 heavy (non-hydrogen) atoms. The molecule has 3 heterocycles. The standard InChI is InChI=1S/C33H32FN3O4S/c34-25-7-9-26(10-8-25)37-30-18-24-20-35-36-29(24)19-28(30)32(33(37)23-13-15-41-16-14-23)22-5-3-21(4-6-22)31(38)2-1-17-42(39,40)27-11-12-27/h3-10,18-20,23,27H,1-2,11-17H2,(H,35,36). The average molecular weight is 586 g/mol. The molecule has 9 heteroatoms. The molecule has 0 spiro atoms. The summed E-state index contributed by atoms with van der Waals surface area (Å²) in [6, 6.07) is 18.5. The largest absolute Gasteiger partial charge is 0.381 e. The molecule has 2 aromatic heterocycles. The Bertz CT molecular complexity index is 1880. The van der Waals surface area contributed by atoms with E-state index in [-0.39, 0.29) is 34.9 Å².